The molecule has 2 heterocycles. The Balaban J connectivity index is 1.94. The van der Waals surface area contributed by atoms with Crippen LogP contribution in [0.5, 0.6) is 5.75 Å². The van der Waals surface area contributed by atoms with Crippen molar-refractivity contribution in [3.8, 4) is 5.75 Å². The molecule has 5 nitrogen and oxygen atoms in total. The van der Waals surface area contributed by atoms with E-state index in [4.69, 9.17) is 4.74 Å². The molecule has 7 heteroatoms. The Morgan fingerprint density at radius 3 is 2.78 bits per heavy atom. The number of hydrogen-bond donors (Lipinski definition) is 0. The van der Waals surface area contributed by atoms with Crippen LogP contribution in [0.15, 0.2) is 18.2 Å². The summed E-state index contributed by atoms with van der Waals surface area (Å²) in [5, 5.41) is 0.505. The minimum absolute atomic E-state index is 0.0394. The van der Waals surface area contributed by atoms with Gasteiger partial charge in [-0.3, -0.25) is 4.79 Å². The lowest BCUT2D eigenvalue weighted by molar-refractivity contribution is 0.0764. The van der Waals surface area contributed by atoms with Crippen molar-refractivity contribution in [2.45, 2.75) is 19.1 Å². The van der Waals surface area contributed by atoms with E-state index in [1.807, 2.05) is 25.1 Å². The Hall–Kier alpha value is -1.60. The molecule has 3 rings (SSSR count). The summed E-state index contributed by atoms with van der Waals surface area (Å²) in [5.41, 5.74) is 0.926. The topological polar surface area (TPSA) is 63.7 Å². The first kappa shape index (κ1) is 16.3. The number of nitrogens with zero attached hydrogens (tertiary/aromatic N) is 1. The number of ether oxygens (including phenoxy) is 1. The van der Waals surface area contributed by atoms with Crippen molar-refractivity contribution in [3.05, 3.63) is 28.6 Å². The first-order valence-corrected chi connectivity index (χ1v) is 9.94. The van der Waals surface area contributed by atoms with Gasteiger partial charge in [-0.2, -0.15) is 0 Å². The van der Waals surface area contributed by atoms with Crippen molar-refractivity contribution in [1.82, 2.24) is 4.90 Å². The second-order valence-electron chi connectivity index (χ2n) is 5.85. The zero-order chi connectivity index (χ0) is 16.8. The predicted octanol–water partition coefficient (Wildman–Crippen LogP) is 2.48. The van der Waals surface area contributed by atoms with E-state index in [0.717, 1.165) is 21.4 Å². The molecular weight excluding hydrogens is 334 g/mol. The van der Waals surface area contributed by atoms with Crippen molar-refractivity contribution >= 4 is 37.2 Å². The summed E-state index contributed by atoms with van der Waals surface area (Å²) in [6, 6.07) is 5.76. The molecule has 1 unspecified atom stereocenters. The predicted molar refractivity (Wildman–Crippen MR) is 92.3 cm³/mol. The molecule has 1 aromatic carbocycles. The largest absolute Gasteiger partial charge is 0.497 e. The number of methoxy groups -OCH3 is 1. The van der Waals surface area contributed by atoms with Gasteiger partial charge in [-0.25, -0.2) is 8.42 Å². The maximum absolute atomic E-state index is 12.8. The average molecular weight is 353 g/mol. The molecule has 1 fully saturated rings. The fraction of sp³-hybridized carbons (Fsp3) is 0.438. The van der Waals surface area contributed by atoms with E-state index in [1.165, 1.54) is 11.3 Å². The number of sulfone groups is 1. The van der Waals surface area contributed by atoms with Gasteiger partial charge in [-0.15, -0.1) is 11.3 Å². The molecule has 2 aromatic rings. The number of carbonyl (C=O) groups is 1. The van der Waals surface area contributed by atoms with Crippen molar-refractivity contribution in [2.24, 2.45) is 0 Å². The molecule has 0 bridgehead atoms. The Bertz CT molecular complexity index is 870. The molecule has 1 aliphatic heterocycles. The lowest BCUT2D eigenvalue weighted by atomic mass is 10.1. The molecule has 1 atom stereocenters. The van der Waals surface area contributed by atoms with Gasteiger partial charge in [-0.1, -0.05) is 0 Å². The number of aryl methyl sites for hydroxylation is 1. The van der Waals surface area contributed by atoms with Crippen LogP contribution in [0.1, 0.15) is 22.2 Å². The smallest absolute Gasteiger partial charge is 0.264 e. The van der Waals surface area contributed by atoms with Crippen LogP contribution in [-0.4, -0.2) is 50.4 Å². The van der Waals surface area contributed by atoms with Gasteiger partial charge in [0.05, 0.1) is 23.0 Å². The number of carbonyl (C=O) groups excluding carboxylic acids is 1. The number of thiophene rings is 1. The minimum Gasteiger partial charge on any atom is -0.497 e. The van der Waals surface area contributed by atoms with Gasteiger partial charge in [0.2, 0.25) is 0 Å². The highest BCUT2D eigenvalue weighted by Gasteiger charge is 2.33. The molecule has 1 amide bonds. The first-order valence-electron chi connectivity index (χ1n) is 7.41. The Labute approximate surface area is 139 Å². The quantitative estimate of drug-likeness (QED) is 0.832. The summed E-state index contributed by atoms with van der Waals surface area (Å²) in [6.07, 6.45) is 0. The van der Waals surface area contributed by atoms with Crippen LogP contribution >= 0.6 is 11.3 Å². The van der Waals surface area contributed by atoms with Crippen LogP contribution in [0.4, 0.5) is 0 Å². The molecule has 1 saturated heterocycles. The molecular formula is C16H19NO4S2. The number of hydrogen-bond acceptors (Lipinski definition) is 5. The highest BCUT2D eigenvalue weighted by molar-refractivity contribution is 7.92. The lowest BCUT2D eigenvalue weighted by Gasteiger charge is -2.30. The van der Waals surface area contributed by atoms with E-state index in [1.54, 1.807) is 18.9 Å². The Kier molecular flexibility index (Phi) is 4.10. The van der Waals surface area contributed by atoms with E-state index < -0.39 is 15.1 Å². The zero-order valence-corrected chi connectivity index (χ0v) is 15.0. The van der Waals surface area contributed by atoms with Crippen molar-refractivity contribution in [1.29, 1.82) is 0 Å². The van der Waals surface area contributed by atoms with Crippen LogP contribution < -0.4 is 4.74 Å². The summed E-state index contributed by atoms with van der Waals surface area (Å²) in [6.45, 7) is 4.12. The van der Waals surface area contributed by atoms with Gasteiger partial charge in [0.1, 0.15) is 5.75 Å². The summed E-state index contributed by atoms with van der Waals surface area (Å²) in [7, 11) is -1.45. The summed E-state index contributed by atoms with van der Waals surface area (Å²) in [5.74, 6) is 0.719. The molecule has 1 aromatic heterocycles. The van der Waals surface area contributed by atoms with Crippen molar-refractivity contribution in [3.63, 3.8) is 0 Å². The zero-order valence-electron chi connectivity index (χ0n) is 13.3. The maximum atomic E-state index is 12.8. The molecule has 0 spiro atoms. The highest BCUT2D eigenvalue weighted by atomic mass is 32.2. The second-order valence-corrected chi connectivity index (χ2v) is 9.44. The van der Waals surface area contributed by atoms with E-state index in [0.29, 0.717) is 4.88 Å². The third kappa shape index (κ3) is 2.83. The number of fused-ring (bicyclic) bond motifs is 1. The van der Waals surface area contributed by atoms with E-state index in [2.05, 4.69) is 0 Å². The van der Waals surface area contributed by atoms with Crippen molar-refractivity contribution < 1.29 is 17.9 Å². The molecule has 0 saturated carbocycles. The lowest BCUT2D eigenvalue weighted by Crippen LogP contribution is -2.48. The maximum Gasteiger partial charge on any atom is 0.264 e. The van der Waals surface area contributed by atoms with E-state index >= 15 is 0 Å². The first-order chi connectivity index (χ1) is 10.8. The molecule has 0 aliphatic carbocycles. The van der Waals surface area contributed by atoms with Crippen molar-refractivity contribution in [2.75, 3.05) is 26.0 Å². The molecule has 0 radical (unpaired) electrons. The monoisotopic (exact) mass is 353 g/mol. The number of rotatable bonds is 2. The second kappa shape index (κ2) is 5.79. The Morgan fingerprint density at radius 2 is 2.13 bits per heavy atom. The number of benzene rings is 1. The molecule has 0 N–H and O–H groups in total. The Morgan fingerprint density at radius 1 is 1.39 bits per heavy atom. The molecule has 1 aliphatic rings. The fourth-order valence-corrected chi connectivity index (χ4v) is 5.25. The van der Waals surface area contributed by atoms with Gasteiger partial charge in [-0.05, 0) is 43.0 Å². The van der Waals surface area contributed by atoms with E-state index in [-0.39, 0.29) is 24.7 Å². The SMILES string of the molecule is COc1ccc2sc(C(=O)N3CCS(=O)(=O)C(C)C3)c(C)c2c1. The third-order valence-electron chi connectivity index (χ3n) is 4.36. The summed E-state index contributed by atoms with van der Waals surface area (Å²) < 4.78 is 29.9. The van der Waals surface area contributed by atoms with Crippen LogP contribution in [0.3, 0.4) is 0 Å². The van der Waals surface area contributed by atoms with Gasteiger partial charge in [0, 0.05) is 17.8 Å². The van der Waals surface area contributed by atoms with Crippen LogP contribution in [0.2, 0.25) is 0 Å². The van der Waals surface area contributed by atoms with Crippen LogP contribution in [0.25, 0.3) is 10.1 Å². The van der Waals surface area contributed by atoms with Gasteiger partial charge in [0.25, 0.3) is 5.91 Å². The normalized spacial score (nSPS) is 20.7. The molecule has 124 valence electrons. The summed E-state index contributed by atoms with van der Waals surface area (Å²) in [4.78, 5) is 15.1. The fourth-order valence-electron chi connectivity index (χ4n) is 2.81. The average Bonchev–Trinajstić information content (AvgIpc) is 2.86. The third-order valence-corrected chi connectivity index (χ3v) is 7.75. The highest BCUT2D eigenvalue weighted by Crippen LogP contribution is 2.34. The number of amides is 1. The molecule has 23 heavy (non-hydrogen) atoms. The van der Waals surface area contributed by atoms with Gasteiger partial charge < -0.3 is 9.64 Å². The summed E-state index contributed by atoms with van der Waals surface area (Å²) >= 11 is 1.45. The standard InChI is InChI=1S/C16H19NO4S2/c1-10-9-17(6-7-23(10,19)20)16(18)15-11(2)13-8-12(21-3)4-5-14(13)22-15/h4-5,8,10H,6-7,9H2,1-3H3. The van der Waals surface area contributed by atoms with Crippen LogP contribution in [-0.2, 0) is 9.84 Å². The van der Waals surface area contributed by atoms with E-state index in [9.17, 15) is 13.2 Å². The van der Waals surface area contributed by atoms with Gasteiger partial charge in [0.15, 0.2) is 9.84 Å². The van der Waals surface area contributed by atoms with Crippen LogP contribution in [0, 0.1) is 6.92 Å². The minimum atomic E-state index is -3.06. The van der Waals surface area contributed by atoms with Gasteiger partial charge >= 0.3 is 0 Å².